The predicted octanol–water partition coefficient (Wildman–Crippen LogP) is 0.416. The third kappa shape index (κ3) is 3.79. The number of amides is 1. The maximum atomic E-state index is 12.6. The Morgan fingerprint density at radius 1 is 1.04 bits per heavy atom. The molecule has 0 radical (unpaired) electrons. The van der Waals surface area contributed by atoms with Crippen LogP contribution in [0.15, 0.2) is 33.9 Å². The number of carbonyl (C=O) groups is 1. The van der Waals surface area contributed by atoms with Crippen molar-refractivity contribution in [2.75, 3.05) is 27.8 Å². The van der Waals surface area contributed by atoms with Crippen molar-refractivity contribution in [1.82, 2.24) is 14.0 Å². The molecular formula is C18H23N3O5. The SMILES string of the molecule is COc1ccc(CCN(C)C(=O)c2cc(=O)n(C)c(=O)n2C)cc1OC. The van der Waals surface area contributed by atoms with Crippen molar-refractivity contribution < 1.29 is 14.3 Å². The van der Waals surface area contributed by atoms with Gasteiger partial charge in [-0.2, -0.15) is 0 Å². The highest BCUT2D eigenvalue weighted by Crippen LogP contribution is 2.27. The van der Waals surface area contributed by atoms with E-state index in [4.69, 9.17) is 9.47 Å². The number of benzene rings is 1. The average Bonchev–Trinajstić information content (AvgIpc) is 2.66. The van der Waals surface area contributed by atoms with Gasteiger partial charge in [0.1, 0.15) is 5.69 Å². The topological polar surface area (TPSA) is 82.8 Å². The Hall–Kier alpha value is -3.03. The molecule has 0 saturated heterocycles. The highest BCUT2D eigenvalue weighted by molar-refractivity contribution is 5.92. The van der Waals surface area contributed by atoms with Crippen LogP contribution < -0.4 is 20.7 Å². The summed E-state index contributed by atoms with van der Waals surface area (Å²) in [6.07, 6.45) is 0.585. The summed E-state index contributed by atoms with van der Waals surface area (Å²) in [7, 11) is 7.61. The zero-order chi connectivity index (χ0) is 19.4. The Balaban J connectivity index is 2.16. The molecule has 0 fully saturated rings. The van der Waals surface area contributed by atoms with E-state index in [1.807, 2.05) is 12.1 Å². The van der Waals surface area contributed by atoms with Crippen LogP contribution in [0.5, 0.6) is 11.5 Å². The molecule has 8 nitrogen and oxygen atoms in total. The van der Waals surface area contributed by atoms with Gasteiger partial charge in [-0.15, -0.1) is 0 Å². The van der Waals surface area contributed by atoms with Gasteiger partial charge in [-0.3, -0.25) is 18.7 Å². The van der Waals surface area contributed by atoms with Crippen LogP contribution >= 0.6 is 0 Å². The van der Waals surface area contributed by atoms with Crippen LogP contribution in [0.1, 0.15) is 16.1 Å². The fourth-order valence-electron chi connectivity index (χ4n) is 2.57. The molecule has 1 heterocycles. The lowest BCUT2D eigenvalue weighted by atomic mass is 10.1. The molecule has 0 atom stereocenters. The van der Waals surface area contributed by atoms with Gasteiger partial charge in [-0.1, -0.05) is 6.07 Å². The Labute approximate surface area is 151 Å². The van der Waals surface area contributed by atoms with Crippen LogP contribution in [0.25, 0.3) is 0 Å². The van der Waals surface area contributed by atoms with Gasteiger partial charge in [-0.25, -0.2) is 4.79 Å². The summed E-state index contributed by atoms with van der Waals surface area (Å²) < 4.78 is 12.6. The zero-order valence-electron chi connectivity index (χ0n) is 15.6. The number of ether oxygens (including phenoxy) is 2. The molecule has 0 saturated carbocycles. The summed E-state index contributed by atoms with van der Waals surface area (Å²) >= 11 is 0. The predicted molar refractivity (Wildman–Crippen MR) is 97.1 cm³/mol. The highest BCUT2D eigenvalue weighted by Gasteiger charge is 2.17. The lowest BCUT2D eigenvalue weighted by Gasteiger charge is -2.19. The van der Waals surface area contributed by atoms with E-state index in [9.17, 15) is 14.4 Å². The maximum absolute atomic E-state index is 12.6. The van der Waals surface area contributed by atoms with Crippen molar-refractivity contribution in [2.24, 2.45) is 14.1 Å². The fourth-order valence-corrected chi connectivity index (χ4v) is 2.57. The third-order valence-electron chi connectivity index (χ3n) is 4.28. The van der Waals surface area contributed by atoms with Gasteiger partial charge in [-0.05, 0) is 24.1 Å². The van der Waals surface area contributed by atoms with Crippen molar-refractivity contribution in [3.63, 3.8) is 0 Å². The molecule has 0 unspecified atom stereocenters. The number of methoxy groups -OCH3 is 2. The molecule has 0 aliphatic heterocycles. The quantitative estimate of drug-likeness (QED) is 0.745. The molecule has 2 rings (SSSR count). The number of likely N-dealkylation sites (N-methyl/N-ethyl adjacent to an activating group) is 1. The molecule has 1 aromatic heterocycles. The molecule has 1 aromatic carbocycles. The summed E-state index contributed by atoms with van der Waals surface area (Å²) in [5, 5.41) is 0. The Morgan fingerprint density at radius 2 is 1.69 bits per heavy atom. The summed E-state index contributed by atoms with van der Waals surface area (Å²) in [4.78, 5) is 37.9. The largest absolute Gasteiger partial charge is 0.493 e. The normalized spacial score (nSPS) is 10.5. The summed E-state index contributed by atoms with van der Waals surface area (Å²) in [6.45, 7) is 0.414. The fraction of sp³-hybridized carbons (Fsp3) is 0.389. The smallest absolute Gasteiger partial charge is 0.331 e. The van der Waals surface area contributed by atoms with E-state index in [1.165, 1.54) is 29.6 Å². The minimum absolute atomic E-state index is 0.0629. The van der Waals surface area contributed by atoms with E-state index in [2.05, 4.69) is 0 Å². The molecule has 0 aliphatic rings. The lowest BCUT2D eigenvalue weighted by Crippen LogP contribution is -2.41. The number of nitrogens with zero attached hydrogens (tertiary/aromatic N) is 3. The first-order valence-electron chi connectivity index (χ1n) is 8.03. The van der Waals surface area contributed by atoms with Gasteiger partial charge >= 0.3 is 5.69 Å². The molecule has 8 heteroatoms. The van der Waals surface area contributed by atoms with Gasteiger partial charge in [0.2, 0.25) is 0 Å². The molecule has 140 valence electrons. The van der Waals surface area contributed by atoms with E-state index in [0.29, 0.717) is 24.5 Å². The van der Waals surface area contributed by atoms with E-state index in [0.717, 1.165) is 10.1 Å². The van der Waals surface area contributed by atoms with E-state index >= 15 is 0 Å². The number of hydrogen-bond acceptors (Lipinski definition) is 5. The minimum Gasteiger partial charge on any atom is -0.493 e. The Bertz CT molecular complexity index is 929. The molecule has 1 amide bonds. The first-order chi connectivity index (χ1) is 12.3. The number of carbonyl (C=O) groups excluding carboxylic acids is 1. The molecule has 0 aliphatic carbocycles. The zero-order valence-corrected chi connectivity index (χ0v) is 15.6. The molecular weight excluding hydrogens is 338 g/mol. The number of aromatic nitrogens is 2. The second kappa shape index (κ2) is 7.90. The molecule has 0 N–H and O–H groups in total. The van der Waals surface area contributed by atoms with Crippen LogP contribution in [-0.2, 0) is 20.5 Å². The van der Waals surface area contributed by atoms with Gasteiger partial charge in [0.25, 0.3) is 11.5 Å². The van der Waals surface area contributed by atoms with Crippen molar-refractivity contribution in [3.8, 4) is 11.5 Å². The Kier molecular flexibility index (Phi) is 5.86. The van der Waals surface area contributed by atoms with Gasteiger partial charge in [0, 0.05) is 33.8 Å². The van der Waals surface area contributed by atoms with Gasteiger partial charge in [0.05, 0.1) is 14.2 Å². The summed E-state index contributed by atoms with van der Waals surface area (Å²) in [5.74, 6) is 0.867. The van der Waals surface area contributed by atoms with Crippen molar-refractivity contribution in [2.45, 2.75) is 6.42 Å². The minimum atomic E-state index is -0.533. The summed E-state index contributed by atoms with van der Waals surface area (Å²) in [5.41, 5.74) is -0.00745. The molecule has 0 spiro atoms. The molecule has 26 heavy (non-hydrogen) atoms. The number of hydrogen-bond donors (Lipinski definition) is 0. The average molecular weight is 361 g/mol. The van der Waals surface area contributed by atoms with Crippen LogP contribution in [0.2, 0.25) is 0 Å². The van der Waals surface area contributed by atoms with Crippen molar-refractivity contribution >= 4 is 5.91 Å². The number of rotatable bonds is 6. The van der Waals surface area contributed by atoms with Crippen LogP contribution in [0.4, 0.5) is 0 Å². The van der Waals surface area contributed by atoms with Crippen molar-refractivity contribution in [1.29, 1.82) is 0 Å². The van der Waals surface area contributed by atoms with Crippen LogP contribution in [0.3, 0.4) is 0 Å². The Morgan fingerprint density at radius 3 is 2.31 bits per heavy atom. The second-order valence-corrected chi connectivity index (χ2v) is 5.93. The second-order valence-electron chi connectivity index (χ2n) is 5.93. The first kappa shape index (κ1) is 19.3. The molecule has 0 bridgehead atoms. The lowest BCUT2D eigenvalue weighted by molar-refractivity contribution is 0.0785. The summed E-state index contributed by atoms with van der Waals surface area (Å²) in [6, 6.07) is 6.73. The maximum Gasteiger partial charge on any atom is 0.331 e. The molecule has 2 aromatic rings. The third-order valence-corrected chi connectivity index (χ3v) is 4.28. The van der Waals surface area contributed by atoms with E-state index in [1.54, 1.807) is 27.3 Å². The first-order valence-corrected chi connectivity index (χ1v) is 8.03. The highest BCUT2D eigenvalue weighted by atomic mass is 16.5. The van der Waals surface area contributed by atoms with Crippen molar-refractivity contribution in [3.05, 3.63) is 56.4 Å². The van der Waals surface area contributed by atoms with E-state index < -0.39 is 11.2 Å². The van der Waals surface area contributed by atoms with Crippen LogP contribution in [0, 0.1) is 0 Å². The van der Waals surface area contributed by atoms with Crippen LogP contribution in [-0.4, -0.2) is 47.8 Å². The van der Waals surface area contributed by atoms with Gasteiger partial charge < -0.3 is 14.4 Å². The van der Waals surface area contributed by atoms with Gasteiger partial charge in [0.15, 0.2) is 11.5 Å². The monoisotopic (exact) mass is 361 g/mol. The standard InChI is InChI=1S/C18H23N3O5/c1-19(9-8-12-6-7-14(25-4)15(10-12)26-5)17(23)13-11-16(22)21(3)18(24)20(13)2/h6-7,10-11H,8-9H2,1-5H3. The van der Waals surface area contributed by atoms with E-state index in [-0.39, 0.29) is 11.6 Å².